The molecule has 0 atom stereocenters. The van der Waals surface area contributed by atoms with Gasteiger partial charge in [0.2, 0.25) is 0 Å². The lowest BCUT2D eigenvalue weighted by atomic mass is 10.2. The van der Waals surface area contributed by atoms with E-state index in [1.807, 2.05) is 55.8 Å². The van der Waals surface area contributed by atoms with Crippen LogP contribution in [-0.4, -0.2) is 27.7 Å². The Morgan fingerprint density at radius 3 is 2.52 bits per heavy atom. The molecular formula is C23H27N3O3. The molecule has 0 aliphatic rings. The van der Waals surface area contributed by atoms with Gasteiger partial charge in [-0.25, -0.2) is 9.78 Å². The summed E-state index contributed by atoms with van der Waals surface area (Å²) < 4.78 is 12.8. The molecule has 0 bridgehead atoms. The van der Waals surface area contributed by atoms with Crippen LogP contribution in [0.4, 0.5) is 0 Å². The minimum absolute atomic E-state index is 0.0998. The fourth-order valence-corrected chi connectivity index (χ4v) is 2.81. The summed E-state index contributed by atoms with van der Waals surface area (Å²) in [5.74, 6) is 0.278. The van der Waals surface area contributed by atoms with Gasteiger partial charge in [-0.2, -0.15) is 0 Å². The number of carbonyl (C=O) groups excluding carboxylic acids is 1. The highest BCUT2D eigenvalue weighted by atomic mass is 16.6. The normalized spacial score (nSPS) is 11.3. The molecule has 0 aliphatic heterocycles. The molecule has 0 saturated carbocycles. The van der Waals surface area contributed by atoms with Gasteiger partial charge in [-0.1, -0.05) is 24.3 Å². The van der Waals surface area contributed by atoms with Gasteiger partial charge in [-0.05, 0) is 56.2 Å². The zero-order chi connectivity index (χ0) is 20.7. The van der Waals surface area contributed by atoms with Crippen LogP contribution in [0.5, 0.6) is 5.75 Å². The lowest BCUT2D eigenvalue weighted by Crippen LogP contribution is -2.27. The minimum atomic E-state index is -0.511. The first-order valence-electron chi connectivity index (χ1n) is 9.61. The highest BCUT2D eigenvalue weighted by Crippen LogP contribution is 2.15. The molecule has 0 spiro atoms. The summed E-state index contributed by atoms with van der Waals surface area (Å²) in [6, 6.07) is 16.1. The molecule has 6 heteroatoms. The topological polar surface area (TPSA) is 65.4 Å². The molecule has 29 heavy (non-hydrogen) atoms. The van der Waals surface area contributed by atoms with E-state index in [0.717, 1.165) is 17.8 Å². The number of hydrogen-bond acceptors (Lipinski definition) is 5. The maximum absolute atomic E-state index is 11.8. The van der Waals surface area contributed by atoms with Gasteiger partial charge in [0.05, 0.1) is 6.33 Å². The molecule has 1 aromatic heterocycles. The van der Waals surface area contributed by atoms with Crippen molar-refractivity contribution >= 4 is 5.97 Å². The fraction of sp³-hybridized carbons (Fsp3) is 0.304. The Labute approximate surface area is 171 Å². The summed E-state index contributed by atoms with van der Waals surface area (Å²) in [6.45, 7) is 6.87. The van der Waals surface area contributed by atoms with Gasteiger partial charge in [-0.3, -0.25) is 0 Å². The highest BCUT2D eigenvalue weighted by molar-refractivity contribution is 5.71. The van der Waals surface area contributed by atoms with Crippen molar-refractivity contribution in [3.8, 4) is 11.4 Å². The number of aromatic nitrogens is 2. The molecule has 3 rings (SSSR count). The third-order valence-electron chi connectivity index (χ3n) is 4.07. The van der Waals surface area contributed by atoms with E-state index in [-0.39, 0.29) is 12.6 Å². The molecule has 2 aromatic carbocycles. The Kier molecular flexibility index (Phi) is 6.67. The van der Waals surface area contributed by atoms with Crippen LogP contribution in [0.1, 0.15) is 31.9 Å². The van der Waals surface area contributed by atoms with Crippen LogP contribution in [0, 0.1) is 0 Å². The zero-order valence-electron chi connectivity index (χ0n) is 17.1. The Morgan fingerprint density at radius 1 is 1.07 bits per heavy atom. The van der Waals surface area contributed by atoms with Crippen LogP contribution >= 0.6 is 0 Å². The molecule has 0 fully saturated rings. The van der Waals surface area contributed by atoms with Crippen LogP contribution < -0.4 is 10.1 Å². The lowest BCUT2D eigenvalue weighted by Gasteiger charge is -2.19. The van der Waals surface area contributed by atoms with E-state index in [0.29, 0.717) is 12.3 Å². The van der Waals surface area contributed by atoms with Crippen LogP contribution in [0.25, 0.3) is 5.69 Å². The first-order valence-corrected chi connectivity index (χ1v) is 9.61. The molecule has 0 saturated heterocycles. The van der Waals surface area contributed by atoms with Gasteiger partial charge >= 0.3 is 5.97 Å². The minimum Gasteiger partial charge on any atom is -0.482 e. The molecule has 0 amide bonds. The summed E-state index contributed by atoms with van der Waals surface area (Å²) in [7, 11) is 0. The van der Waals surface area contributed by atoms with Crippen LogP contribution in [0.2, 0.25) is 0 Å². The third kappa shape index (κ3) is 6.76. The number of rotatable bonds is 8. The van der Waals surface area contributed by atoms with E-state index in [4.69, 9.17) is 9.47 Å². The van der Waals surface area contributed by atoms with Gasteiger partial charge in [0.1, 0.15) is 11.4 Å². The van der Waals surface area contributed by atoms with Crippen LogP contribution in [0.3, 0.4) is 0 Å². The highest BCUT2D eigenvalue weighted by Gasteiger charge is 2.16. The van der Waals surface area contributed by atoms with Crippen molar-refractivity contribution in [3.05, 3.63) is 78.4 Å². The Bertz CT molecular complexity index is 913. The summed E-state index contributed by atoms with van der Waals surface area (Å²) in [4.78, 5) is 15.8. The predicted octanol–water partition coefficient (Wildman–Crippen LogP) is 3.88. The molecule has 3 aromatic rings. The van der Waals surface area contributed by atoms with Crippen molar-refractivity contribution in [2.24, 2.45) is 0 Å². The molecule has 0 unspecified atom stereocenters. The van der Waals surface area contributed by atoms with E-state index in [1.54, 1.807) is 12.5 Å². The van der Waals surface area contributed by atoms with Crippen molar-refractivity contribution < 1.29 is 14.3 Å². The first-order chi connectivity index (χ1) is 13.9. The van der Waals surface area contributed by atoms with E-state index < -0.39 is 5.60 Å². The lowest BCUT2D eigenvalue weighted by molar-refractivity contribution is -0.157. The standard InChI is InChI=1S/C23H27N3O3/c1-23(2,3)29-22(27)16-28-21-6-4-5-19(13-21)15-25-14-18-7-9-20(10-8-18)26-12-11-24-17-26/h4-13,17,25H,14-16H2,1-3H3. The molecule has 0 radical (unpaired) electrons. The van der Waals surface area contributed by atoms with E-state index in [2.05, 4.69) is 34.6 Å². The van der Waals surface area contributed by atoms with Gasteiger partial charge in [0.15, 0.2) is 6.61 Å². The van der Waals surface area contributed by atoms with Crippen LogP contribution in [-0.2, 0) is 22.6 Å². The van der Waals surface area contributed by atoms with Crippen molar-refractivity contribution in [2.45, 2.75) is 39.5 Å². The maximum Gasteiger partial charge on any atom is 0.344 e. The van der Waals surface area contributed by atoms with Crippen molar-refractivity contribution in [2.75, 3.05) is 6.61 Å². The summed E-state index contributed by atoms with van der Waals surface area (Å²) >= 11 is 0. The Morgan fingerprint density at radius 2 is 1.83 bits per heavy atom. The van der Waals surface area contributed by atoms with Crippen LogP contribution in [0.15, 0.2) is 67.3 Å². The number of esters is 1. The van der Waals surface area contributed by atoms with E-state index in [1.165, 1.54) is 5.56 Å². The molecule has 6 nitrogen and oxygen atoms in total. The van der Waals surface area contributed by atoms with Gasteiger partial charge in [0, 0.05) is 31.2 Å². The first kappa shape index (κ1) is 20.6. The molecule has 152 valence electrons. The summed E-state index contributed by atoms with van der Waals surface area (Å²) in [5.41, 5.74) is 2.86. The molecular weight excluding hydrogens is 366 g/mol. The summed E-state index contributed by atoms with van der Waals surface area (Å²) in [6.07, 6.45) is 5.47. The number of benzene rings is 2. The molecule has 1 heterocycles. The quantitative estimate of drug-likeness (QED) is 0.589. The number of nitrogens with zero attached hydrogens (tertiary/aromatic N) is 2. The van der Waals surface area contributed by atoms with Crippen molar-refractivity contribution in [3.63, 3.8) is 0 Å². The number of hydrogen-bond donors (Lipinski definition) is 1. The molecule has 1 N–H and O–H groups in total. The predicted molar refractivity (Wildman–Crippen MR) is 112 cm³/mol. The second-order valence-corrected chi connectivity index (χ2v) is 7.76. The largest absolute Gasteiger partial charge is 0.482 e. The average molecular weight is 393 g/mol. The summed E-state index contributed by atoms with van der Waals surface area (Å²) in [5, 5.41) is 3.43. The smallest absolute Gasteiger partial charge is 0.344 e. The number of imidazole rings is 1. The van der Waals surface area contributed by atoms with Gasteiger partial charge in [0.25, 0.3) is 0 Å². The van der Waals surface area contributed by atoms with E-state index in [9.17, 15) is 4.79 Å². The van der Waals surface area contributed by atoms with Gasteiger partial charge < -0.3 is 19.4 Å². The number of ether oxygens (including phenoxy) is 2. The monoisotopic (exact) mass is 393 g/mol. The van der Waals surface area contributed by atoms with Crippen molar-refractivity contribution in [1.29, 1.82) is 0 Å². The second kappa shape index (κ2) is 9.39. The third-order valence-corrected chi connectivity index (χ3v) is 4.07. The Hall–Kier alpha value is -3.12. The zero-order valence-corrected chi connectivity index (χ0v) is 17.1. The van der Waals surface area contributed by atoms with Gasteiger partial charge in [-0.15, -0.1) is 0 Å². The Balaban J connectivity index is 1.46. The second-order valence-electron chi connectivity index (χ2n) is 7.76. The number of nitrogens with one attached hydrogen (secondary N) is 1. The maximum atomic E-state index is 11.8. The average Bonchev–Trinajstić information content (AvgIpc) is 3.21. The fourth-order valence-electron chi connectivity index (χ4n) is 2.81. The van der Waals surface area contributed by atoms with E-state index >= 15 is 0 Å². The van der Waals surface area contributed by atoms with Crippen molar-refractivity contribution in [1.82, 2.24) is 14.9 Å². The molecule has 0 aliphatic carbocycles. The SMILES string of the molecule is CC(C)(C)OC(=O)COc1cccc(CNCc2ccc(-n3ccnc3)cc2)c1. The number of carbonyl (C=O) groups is 1.